The van der Waals surface area contributed by atoms with Crippen molar-refractivity contribution in [3.8, 4) is 0 Å². The predicted molar refractivity (Wildman–Crippen MR) is 122 cm³/mol. The fraction of sp³-hybridized carbons (Fsp3) is 0.391. The second-order valence-electron chi connectivity index (χ2n) is 7.25. The van der Waals surface area contributed by atoms with Gasteiger partial charge in [-0.1, -0.05) is 46.3 Å². The van der Waals surface area contributed by atoms with E-state index in [1.54, 1.807) is 6.92 Å². The predicted octanol–water partition coefficient (Wildman–Crippen LogP) is 4.36. The minimum Gasteiger partial charge on any atom is -0.465 e. The van der Waals surface area contributed by atoms with Gasteiger partial charge in [-0.15, -0.1) is 0 Å². The zero-order valence-corrected chi connectivity index (χ0v) is 18.6. The molecule has 0 amide bonds. The van der Waals surface area contributed by atoms with Crippen molar-refractivity contribution in [2.24, 2.45) is 4.99 Å². The Balaban J connectivity index is 1.95. The summed E-state index contributed by atoms with van der Waals surface area (Å²) in [6.45, 7) is 4.34. The van der Waals surface area contributed by atoms with Gasteiger partial charge in [0.25, 0.3) is 0 Å². The number of anilines is 1. The SMILES string of the molecule is CCOC(=O)CN=C(c1ccccc1)c1cc(Br)ccc1NC1CCN(C)CC1. The van der Waals surface area contributed by atoms with Crippen LogP contribution in [0, 0.1) is 0 Å². The normalized spacial score (nSPS) is 15.9. The Hall–Kier alpha value is -2.18. The molecule has 29 heavy (non-hydrogen) atoms. The number of esters is 1. The molecule has 6 heteroatoms. The summed E-state index contributed by atoms with van der Waals surface area (Å²) < 4.78 is 6.05. The highest BCUT2D eigenvalue weighted by Crippen LogP contribution is 2.27. The lowest BCUT2D eigenvalue weighted by Gasteiger charge is -2.31. The molecular weight excluding hydrogens is 430 g/mol. The van der Waals surface area contributed by atoms with Crippen molar-refractivity contribution in [2.75, 3.05) is 38.6 Å². The van der Waals surface area contributed by atoms with Gasteiger partial charge in [0.2, 0.25) is 0 Å². The highest BCUT2D eigenvalue weighted by Gasteiger charge is 2.19. The Morgan fingerprint density at radius 3 is 2.62 bits per heavy atom. The molecule has 0 unspecified atom stereocenters. The first-order chi connectivity index (χ1) is 14.1. The minimum atomic E-state index is -0.319. The van der Waals surface area contributed by atoms with E-state index in [1.165, 1.54) is 0 Å². The number of carbonyl (C=O) groups is 1. The third-order valence-electron chi connectivity index (χ3n) is 5.03. The van der Waals surface area contributed by atoms with Gasteiger partial charge in [0.05, 0.1) is 12.3 Å². The number of aliphatic imine (C=N–C) groups is 1. The molecular formula is C23H28BrN3O2. The molecule has 1 N–H and O–H groups in total. The van der Waals surface area contributed by atoms with Crippen LogP contribution in [0.2, 0.25) is 0 Å². The Morgan fingerprint density at radius 2 is 1.93 bits per heavy atom. The van der Waals surface area contributed by atoms with Gasteiger partial charge in [0.15, 0.2) is 0 Å². The van der Waals surface area contributed by atoms with E-state index in [9.17, 15) is 4.79 Å². The molecule has 0 spiro atoms. The summed E-state index contributed by atoms with van der Waals surface area (Å²) >= 11 is 3.59. The van der Waals surface area contributed by atoms with Crippen LogP contribution in [0.25, 0.3) is 0 Å². The van der Waals surface area contributed by atoms with Gasteiger partial charge in [-0.05, 0) is 58.1 Å². The Bertz CT molecular complexity index is 846. The average Bonchev–Trinajstić information content (AvgIpc) is 2.72. The van der Waals surface area contributed by atoms with E-state index in [4.69, 9.17) is 4.74 Å². The van der Waals surface area contributed by atoms with Crippen molar-refractivity contribution in [3.63, 3.8) is 0 Å². The molecule has 2 aromatic rings. The Kier molecular flexibility index (Phi) is 7.83. The number of benzene rings is 2. The fourth-order valence-corrected chi connectivity index (χ4v) is 3.85. The van der Waals surface area contributed by atoms with Crippen molar-refractivity contribution in [2.45, 2.75) is 25.8 Å². The molecule has 0 bridgehead atoms. The number of hydrogen-bond donors (Lipinski definition) is 1. The number of hydrogen-bond acceptors (Lipinski definition) is 5. The Morgan fingerprint density at radius 1 is 1.21 bits per heavy atom. The van der Waals surface area contributed by atoms with Gasteiger partial charge in [-0.25, -0.2) is 0 Å². The van der Waals surface area contributed by atoms with Crippen molar-refractivity contribution < 1.29 is 9.53 Å². The summed E-state index contributed by atoms with van der Waals surface area (Å²) in [6, 6.07) is 16.6. The topological polar surface area (TPSA) is 53.9 Å². The van der Waals surface area contributed by atoms with Gasteiger partial charge in [-0.3, -0.25) is 9.79 Å². The fourth-order valence-electron chi connectivity index (χ4n) is 3.49. The molecule has 154 valence electrons. The van der Waals surface area contributed by atoms with Gasteiger partial charge >= 0.3 is 5.97 Å². The smallest absolute Gasteiger partial charge is 0.327 e. The van der Waals surface area contributed by atoms with Gasteiger partial charge in [0, 0.05) is 27.3 Å². The summed E-state index contributed by atoms with van der Waals surface area (Å²) in [5.41, 5.74) is 3.78. The second-order valence-corrected chi connectivity index (χ2v) is 8.16. The molecule has 1 aliphatic rings. The number of nitrogens with zero attached hydrogens (tertiary/aromatic N) is 2. The highest BCUT2D eigenvalue weighted by molar-refractivity contribution is 9.10. The van der Waals surface area contributed by atoms with E-state index in [2.05, 4.69) is 50.3 Å². The third-order valence-corrected chi connectivity index (χ3v) is 5.53. The standard InChI is InChI=1S/C23H28BrN3O2/c1-3-29-22(28)16-25-23(17-7-5-4-6-8-17)20-15-18(24)9-10-21(20)26-19-11-13-27(2)14-12-19/h4-10,15,19,26H,3,11-14,16H2,1-2H3. The molecule has 0 atom stereocenters. The lowest BCUT2D eigenvalue weighted by atomic mass is 9.98. The van der Waals surface area contributed by atoms with Crippen LogP contribution in [-0.2, 0) is 9.53 Å². The number of halogens is 1. The van der Waals surface area contributed by atoms with Gasteiger partial charge < -0.3 is 15.0 Å². The molecule has 5 nitrogen and oxygen atoms in total. The maximum atomic E-state index is 12.0. The maximum absolute atomic E-state index is 12.0. The lowest BCUT2D eigenvalue weighted by Crippen LogP contribution is -2.37. The first-order valence-electron chi connectivity index (χ1n) is 10.1. The molecule has 0 aromatic heterocycles. The second kappa shape index (κ2) is 10.6. The van der Waals surface area contributed by atoms with Crippen LogP contribution >= 0.6 is 15.9 Å². The highest BCUT2D eigenvalue weighted by atomic mass is 79.9. The Labute approximate surface area is 181 Å². The van der Waals surface area contributed by atoms with Crippen molar-refractivity contribution in [3.05, 3.63) is 64.1 Å². The lowest BCUT2D eigenvalue weighted by molar-refractivity contribution is -0.141. The summed E-state index contributed by atoms with van der Waals surface area (Å²) in [6.07, 6.45) is 2.21. The van der Waals surface area contributed by atoms with Crippen LogP contribution < -0.4 is 5.32 Å². The zero-order chi connectivity index (χ0) is 20.6. The first-order valence-corrected chi connectivity index (χ1v) is 10.9. The number of rotatable bonds is 7. The maximum Gasteiger partial charge on any atom is 0.327 e. The molecule has 0 saturated carbocycles. The van der Waals surface area contributed by atoms with E-state index in [0.29, 0.717) is 12.6 Å². The van der Waals surface area contributed by atoms with E-state index in [-0.39, 0.29) is 12.5 Å². The van der Waals surface area contributed by atoms with E-state index < -0.39 is 0 Å². The zero-order valence-electron chi connectivity index (χ0n) is 17.0. The van der Waals surface area contributed by atoms with Crippen LogP contribution in [0.5, 0.6) is 0 Å². The largest absolute Gasteiger partial charge is 0.465 e. The van der Waals surface area contributed by atoms with Crippen LogP contribution in [0.1, 0.15) is 30.9 Å². The molecule has 1 heterocycles. The molecule has 2 aromatic carbocycles. The van der Waals surface area contributed by atoms with Crippen molar-refractivity contribution in [1.82, 2.24) is 4.90 Å². The molecule has 1 saturated heterocycles. The van der Waals surface area contributed by atoms with Gasteiger partial charge in [-0.2, -0.15) is 0 Å². The quantitative estimate of drug-likeness (QED) is 0.495. The molecule has 0 radical (unpaired) electrons. The van der Waals surface area contributed by atoms with E-state index >= 15 is 0 Å². The van der Waals surface area contributed by atoms with Crippen LogP contribution in [-0.4, -0.2) is 55.9 Å². The number of likely N-dealkylation sites (tertiary alicyclic amines) is 1. The van der Waals surface area contributed by atoms with E-state index in [0.717, 1.165) is 52.9 Å². The number of ether oxygens (including phenoxy) is 1. The first kappa shape index (κ1) is 21.5. The molecule has 1 fully saturated rings. The summed E-state index contributed by atoms with van der Waals surface area (Å²) in [7, 11) is 2.16. The number of nitrogens with one attached hydrogen (secondary N) is 1. The van der Waals surface area contributed by atoms with Crippen molar-refractivity contribution >= 4 is 33.3 Å². The van der Waals surface area contributed by atoms with E-state index in [1.807, 2.05) is 36.4 Å². The summed E-state index contributed by atoms with van der Waals surface area (Å²) in [5, 5.41) is 3.72. The van der Waals surface area contributed by atoms with Crippen LogP contribution in [0.3, 0.4) is 0 Å². The minimum absolute atomic E-state index is 0.00174. The molecule has 1 aliphatic heterocycles. The third kappa shape index (κ3) is 6.15. The van der Waals surface area contributed by atoms with Crippen LogP contribution in [0.15, 0.2) is 58.0 Å². The van der Waals surface area contributed by atoms with Crippen LogP contribution in [0.4, 0.5) is 5.69 Å². The number of piperidine rings is 1. The number of carbonyl (C=O) groups excluding carboxylic acids is 1. The average molecular weight is 458 g/mol. The summed E-state index contributed by atoms with van der Waals surface area (Å²) in [5.74, 6) is -0.319. The molecule has 3 rings (SSSR count). The monoisotopic (exact) mass is 457 g/mol. The summed E-state index contributed by atoms with van der Waals surface area (Å²) in [4.78, 5) is 19.0. The van der Waals surface area contributed by atoms with Gasteiger partial charge in [0.1, 0.15) is 6.54 Å². The molecule has 0 aliphatic carbocycles. The van der Waals surface area contributed by atoms with Crippen molar-refractivity contribution in [1.29, 1.82) is 0 Å².